The number of hydrogen-bond donors (Lipinski definition) is 3. The van der Waals surface area contributed by atoms with E-state index in [1.54, 1.807) is 24.2 Å². The molecule has 4 rings (SSSR count). The Labute approximate surface area is 175 Å². The largest absolute Gasteiger partial charge is 0.349 e. The highest BCUT2D eigenvalue weighted by Gasteiger charge is 2.37. The van der Waals surface area contributed by atoms with E-state index in [1.807, 2.05) is 29.5 Å². The van der Waals surface area contributed by atoms with E-state index < -0.39 is 26.9 Å². The molecular weight excluding hydrogens is 501 g/mol. The summed E-state index contributed by atoms with van der Waals surface area (Å²) in [6.07, 6.45) is 1.16. The van der Waals surface area contributed by atoms with Crippen LogP contribution in [0, 0.1) is 15.2 Å². The van der Waals surface area contributed by atoms with Crippen LogP contribution in [0.15, 0.2) is 24.3 Å². The van der Waals surface area contributed by atoms with E-state index in [4.69, 9.17) is 0 Å². The van der Waals surface area contributed by atoms with Crippen LogP contribution in [0.4, 0.5) is 31.5 Å². The third-order valence-corrected chi connectivity index (χ3v) is 7.55. The zero-order valence-corrected chi connectivity index (χ0v) is 18.2. The summed E-state index contributed by atoms with van der Waals surface area (Å²) in [5.41, 5.74) is 3.83. The summed E-state index contributed by atoms with van der Waals surface area (Å²) in [6, 6.07) is 5.94. The molecule has 0 saturated heterocycles. The van der Waals surface area contributed by atoms with Crippen molar-refractivity contribution in [2.45, 2.75) is 31.1 Å². The first-order valence-electron chi connectivity index (χ1n) is 8.77. The number of halogens is 3. The number of nitrogens with one attached hydrogen (secondary N) is 3. The van der Waals surface area contributed by atoms with E-state index in [-0.39, 0.29) is 28.8 Å². The molecule has 1 aliphatic heterocycles. The summed E-state index contributed by atoms with van der Waals surface area (Å²) in [5.74, 6) is -1.22. The van der Waals surface area contributed by atoms with Gasteiger partial charge >= 0.3 is 0 Å². The molecule has 10 heteroatoms. The van der Waals surface area contributed by atoms with Gasteiger partial charge in [-0.1, -0.05) is 0 Å². The number of sulfonamides is 1. The summed E-state index contributed by atoms with van der Waals surface area (Å²) in [5, 5.41) is 4.00. The summed E-state index contributed by atoms with van der Waals surface area (Å²) in [7, 11) is -1.85. The minimum absolute atomic E-state index is 0.0607. The molecule has 0 amide bonds. The lowest BCUT2D eigenvalue weighted by Crippen LogP contribution is -2.20. The minimum atomic E-state index is -3.62. The zero-order chi connectivity index (χ0) is 20.2. The van der Waals surface area contributed by atoms with Crippen molar-refractivity contribution < 1.29 is 17.2 Å². The highest BCUT2D eigenvalue weighted by atomic mass is 127. The second-order valence-corrected chi connectivity index (χ2v) is 10.3. The number of benzene rings is 2. The Morgan fingerprint density at radius 3 is 2.57 bits per heavy atom. The van der Waals surface area contributed by atoms with Crippen LogP contribution in [-0.4, -0.2) is 25.7 Å². The molecular formula is C18H19F2IN4O2S. The standard InChI is InChI=1S/C18H19F2IN4O2S/c1-9-12-8-15(24-28(26,27)11-4-5-11)18(16(20)17(12)23-25(9)2)22-14-6-3-10(21)7-13(14)19/h3,6-9,11,22-24H,4-5H2,1-2H3. The van der Waals surface area contributed by atoms with Gasteiger partial charge in [0.1, 0.15) is 11.5 Å². The van der Waals surface area contributed by atoms with Crippen LogP contribution in [-0.2, 0) is 10.0 Å². The van der Waals surface area contributed by atoms with E-state index >= 15 is 4.39 Å². The average Bonchev–Trinajstić information content (AvgIpc) is 3.43. The molecule has 2 aliphatic rings. The van der Waals surface area contributed by atoms with Crippen molar-refractivity contribution in [2.75, 3.05) is 22.5 Å². The van der Waals surface area contributed by atoms with Crippen molar-refractivity contribution in [1.82, 2.24) is 5.01 Å². The Morgan fingerprint density at radius 2 is 1.93 bits per heavy atom. The lowest BCUT2D eigenvalue weighted by Gasteiger charge is -2.18. The molecule has 1 saturated carbocycles. The van der Waals surface area contributed by atoms with Gasteiger partial charge in [-0.2, -0.15) is 0 Å². The second-order valence-electron chi connectivity index (χ2n) is 7.07. The molecule has 2 aromatic rings. The first-order chi connectivity index (χ1) is 13.2. The lowest BCUT2D eigenvalue weighted by molar-refractivity contribution is 0.341. The molecule has 0 aromatic heterocycles. The maximum absolute atomic E-state index is 15.4. The molecule has 150 valence electrons. The number of hydrazine groups is 1. The van der Waals surface area contributed by atoms with Crippen molar-refractivity contribution in [3.05, 3.63) is 45.0 Å². The van der Waals surface area contributed by atoms with Crippen LogP contribution < -0.4 is 15.5 Å². The van der Waals surface area contributed by atoms with Gasteiger partial charge < -0.3 is 10.7 Å². The van der Waals surface area contributed by atoms with Gasteiger partial charge in [-0.25, -0.2) is 22.2 Å². The van der Waals surface area contributed by atoms with Crippen molar-refractivity contribution in [3.63, 3.8) is 0 Å². The first-order valence-corrected chi connectivity index (χ1v) is 11.4. The molecule has 3 N–H and O–H groups in total. The van der Waals surface area contributed by atoms with Gasteiger partial charge in [0, 0.05) is 16.2 Å². The predicted molar refractivity (Wildman–Crippen MR) is 114 cm³/mol. The molecule has 2 aromatic carbocycles. The number of fused-ring (bicyclic) bond motifs is 1. The number of hydrogen-bond acceptors (Lipinski definition) is 5. The quantitative estimate of drug-likeness (QED) is 0.505. The summed E-state index contributed by atoms with van der Waals surface area (Å²) < 4.78 is 57.8. The van der Waals surface area contributed by atoms with Crippen molar-refractivity contribution in [1.29, 1.82) is 0 Å². The maximum atomic E-state index is 15.4. The third-order valence-electron chi connectivity index (χ3n) is 5.02. The normalized spacial score (nSPS) is 19.2. The van der Waals surface area contributed by atoms with E-state index in [9.17, 15) is 12.8 Å². The number of anilines is 4. The van der Waals surface area contributed by atoms with Gasteiger partial charge in [-0.15, -0.1) is 0 Å². The third kappa shape index (κ3) is 3.52. The number of rotatable bonds is 5. The molecule has 6 nitrogen and oxygen atoms in total. The molecule has 28 heavy (non-hydrogen) atoms. The molecule has 0 radical (unpaired) electrons. The molecule has 1 heterocycles. The summed E-state index contributed by atoms with van der Waals surface area (Å²) in [6.45, 7) is 1.88. The van der Waals surface area contributed by atoms with Gasteiger partial charge in [0.05, 0.1) is 28.4 Å². The molecule has 0 spiro atoms. The Hall–Kier alpha value is -1.66. The Kier molecular flexibility index (Phi) is 4.91. The van der Waals surface area contributed by atoms with E-state index in [1.165, 1.54) is 12.1 Å². The second kappa shape index (κ2) is 6.99. The van der Waals surface area contributed by atoms with Crippen molar-refractivity contribution in [3.8, 4) is 0 Å². The predicted octanol–water partition coefficient (Wildman–Crippen LogP) is 4.55. The smallest absolute Gasteiger partial charge is 0.235 e. The molecule has 1 unspecified atom stereocenters. The SMILES string of the molecule is CC1c2cc(NS(=O)(=O)C3CC3)c(Nc3ccc(I)cc3F)c(F)c2NN1C. The Bertz CT molecular complexity index is 1060. The monoisotopic (exact) mass is 520 g/mol. The fourth-order valence-corrected chi connectivity index (χ4v) is 4.98. The van der Waals surface area contributed by atoms with E-state index in [0.717, 1.165) is 0 Å². The van der Waals surface area contributed by atoms with Crippen LogP contribution in [0.2, 0.25) is 0 Å². The Morgan fingerprint density at radius 1 is 1.21 bits per heavy atom. The fraction of sp³-hybridized carbons (Fsp3) is 0.333. The van der Waals surface area contributed by atoms with Gasteiger partial charge in [-0.05, 0) is 66.6 Å². The van der Waals surface area contributed by atoms with Gasteiger partial charge in [0.25, 0.3) is 0 Å². The fourth-order valence-electron chi connectivity index (χ4n) is 3.14. The van der Waals surface area contributed by atoms with Crippen LogP contribution >= 0.6 is 22.6 Å². The molecule has 1 atom stereocenters. The topological polar surface area (TPSA) is 73.5 Å². The van der Waals surface area contributed by atoms with Crippen LogP contribution in [0.3, 0.4) is 0 Å². The summed E-state index contributed by atoms with van der Waals surface area (Å²) >= 11 is 1.98. The highest BCUT2D eigenvalue weighted by molar-refractivity contribution is 14.1. The van der Waals surface area contributed by atoms with E-state index in [0.29, 0.717) is 22.0 Å². The van der Waals surface area contributed by atoms with Gasteiger partial charge in [0.2, 0.25) is 10.0 Å². The first kappa shape index (κ1) is 19.6. The molecule has 0 bridgehead atoms. The van der Waals surface area contributed by atoms with Gasteiger partial charge in [0.15, 0.2) is 5.82 Å². The van der Waals surface area contributed by atoms with Crippen LogP contribution in [0.1, 0.15) is 31.4 Å². The zero-order valence-electron chi connectivity index (χ0n) is 15.2. The van der Waals surface area contributed by atoms with Gasteiger partial charge in [-0.3, -0.25) is 4.72 Å². The minimum Gasteiger partial charge on any atom is -0.349 e. The van der Waals surface area contributed by atoms with Crippen LogP contribution in [0.25, 0.3) is 0 Å². The maximum Gasteiger partial charge on any atom is 0.235 e. The van der Waals surface area contributed by atoms with Crippen molar-refractivity contribution >= 4 is 55.4 Å². The average molecular weight is 520 g/mol. The Balaban J connectivity index is 1.82. The molecule has 1 aliphatic carbocycles. The lowest BCUT2D eigenvalue weighted by atomic mass is 10.0. The van der Waals surface area contributed by atoms with Crippen LogP contribution in [0.5, 0.6) is 0 Å². The highest BCUT2D eigenvalue weighted by Crippen LogP contribution is 2.44. The number of nitrogens with zero attached hydrogens (tertiary/aromatic N) is 1. The summed E-state index contributed by atoms with van der Waals surface area (Å²) in [4.78, 5) is 0. The molecule has 1 fully saturated rings. The van der Waals surface area contributed by atoms with Crippen molar-refractivity contribution in [2.24, 2.45) is 0 Å². The van der Waals surface area contributed by atoms with E-state index in [2.05, 4.69) is 15.5 Å².